The van der Waals surface area contributed by atoms with E-state index >= 15 is 0 Å². The van der Waals surface area contributed by atoms with Gasteiger partial charge in [0.1, 0.15) is 5.76 Å². The standard InChI is InChI=1S/C16H28N2O/c1-5-7-18(8-6-2)12-16-9-15(13-19-16)11-17-10-14(3)4/h5,9,13-14,17H,1,6-8,10-12H2,2-4H3. The van der Waals surface area contributed by atoms with Gasteiger partial charge in [0, 0.05) is 18.7 Å². The first-order valence-corrected chi connectivity index (χ1v) is 7.26. The molecule has 19 heavy (non-hydrogen) atoms. The smallest absolute Gasteiger partial charge is 0.118 e. The summed E-state index contributed by atoms with van der Waals surface area (Å²) in [6.45, 7) is 15.2. The molecule has 3 nitrogen and oxygen atoms in total. The molecule has 0 fully saturated rings. The highest BCUT2D eigenvalue weighted by molar-refractivity contribution is 5.12. The number of nitrogens with one attached hydrogen (secondary N) is 1. The van der Waals surface area contributed by atoms with Crippen LogP contribution >= 0.6 is 0 Å². The molecule has 0 bridgehead atoms. The Hall–Kier alpha value is -1.06. The van der Waals surface area contributed by atoms with Crippen LogP contribution in [-0.2, 0) is 13.1 Å². The molecule has 1 N–H and O–H groups in total. The molecule has 0 aliphatic heterocycles. The Labute approximate surface area is 117 Å². The van der Waals surface area contributed by atoms with Crippen LogP contribution in [0.4, 0.5) is 0 Å². The summed E-state index contributed by atoms with van der Waals surface area (Å²) in [6.07, 6.45) is 4.96. The van der Waals surface area contributed by atoms with Crippen molar-refractivity contribution in [1.29, 1.82) is 0 Å². The Morgan fingerprint density at radius 3 is 2.89 bits per heavy atom. The number of rotatable bonds is 10. The molecule has 1 aromatic rings. The molecule has 0 amide bonds. The van der Waals surface area contributed by atoms with E-state index in [1.165, 1.54) is 5.56 Å². The highest BCUT2D eigenvalue weighted by atomic mass is 16.3. The Morgan fingerprint density at radius 1 is 1.47 bits per heavy atom. The van der Waals surface area contributed by atoms with Gasteiger partial charge in [0.15, 0.2) is 0 Å². The molecule has 0 saturated carbocycles. The average Bonchev–Trinajstić information content (AvgIpc) is 2.77. The predicted octanol–water partition coefficient (Wildman–Crippen LogP) is 3.42. The lowest BCUT2D eigenvalue weighted by atomic mass is 10.2. The summed E-state index contributed by atoms with van der Waals surface area (Å²) in [4.78, 5) is 2.34. The van der Waals surface area contributed by atoms with Crippen molar-refractivity contribution in [2.45, 2.75) is 40.3 Å². The average molecular weight is 264 g/mol. The minimum absolute atomic E-state index is 0.680. The van der Waals surface area contributed by atoms with Crippen molar-refractivity contribution in [1.82, 2.24) is 10.2 Å². The van der Waals surface area contributed by atoms with Crippen molar-refractivity contribution in [3.63, 3.8) is 0 Å². The monoisotopic (exact) mass is 264 g/mol. The molecule has 0 unspecified atom stereocenters. The first-order chi connectivity index (χ1) is 9.15. The zero-order valence-corrected chi connectivity index (χ0v) is 12.6. The van der Waals surface area contributed by atoms with Crippen LogP contribution < -0.4 is 5.32 Å². The normalized spacial score (nSPS) is 11.4. The SMILES string of the molecule is C=CCN(CCC)Cc1cc(CNCC(C)C)co1. The van der Waals surface area contributed by atoms with Gasteiger partial charge < -0.3 is 9.73 Å². The highest BCUT2D eigenvalue weighted by Crippen LogP contribution is 2.11. The molecule has 0 aliphatic rings. The molecule has 1 rings (SSSR count). The van der Waals surface area contributed by atoms with E-state index in [0.29, 0.717) is 5.92 Å². The number of nitrogens with zero attached hydrogens (tertiary/aromatic N) is 1. The van der Waals surface area contributed by atoms with Crippen LogP contribution in [-0.4, -0.2) is 24.5 Å². The molecular weight excluding hydrogens is 236 g/mol. The quantitative estimate of drug-likeness (QED) is 0.656. The highest BCUT2D eigenvalue weighted by Gasteiger charge is 2.07. The fourth-order valence-corrected chi connectivity index (χ4v) is 2.06. The second kappa shape index (κ2) is 8.94. The van der Waals surface area contributed by atoms with Crippen molar-refractivity contribution >= 4 is 0 Å². The van der Waals surface area contributed by atoms with E-state index in [4.69, 9.17) is 4.42 Å². The van der Waals surface area contributed by atoms with Crippen LogP contribution in [0.3, 0.4) is 0 Å². The molecule has 0 atom stereocenters. The van der Waals surface area contributed by atoms with E-state index in [0.717, 1.165) is 44.9 Å². The van der Waals surface area contributed by atoms with Crippen molar-refractivity contribution in [3.8, 4) is 0 Å². The summed E-state index contributed by atoms with van der Waals surface area (Å²) in [5.41, 5.74) is 1.23. The molecule has 1 heterocycles. The van der Waals surface area contributed by atoms with Crippen LogP contribution in [0.25, 0.3) is 0 Å². The van der Waals surface area contributed by atoms with Crippen LogP contribution in [0.1, 0.15) is 38.5 Å². The third-order valence-corrected chi connectivity index (χ3v) is 2.90. The third kappa shape index (κ3) is 6.60. The first kappa shape index (κ1) is 16.0. The molecule has 0 aromatic carbocycles. The maximum atomic E-state index is 5.63. The van der Waals surface area contributed by atoms with Gasteiger partial charge in [0.05, 0.1) is 12.8 Å². The molecule has 3 heteroatoms. The topological polar surface area (TPSA) is 28.4 Å². The van der Waals surface area contributed by atoms with Crippen molar-refractivity contribution in [3.05, 3.63) is 36.3 Å². The van der Waals surface area contributed by atoms with Gasteiger partial charge in [-0.3, -0.25) is 4.90 Å². The van der Waals surface area contributed by atoms with E-state index in [2.05, 4.69) is 43.6 Å². The fourth-order valence-electron chi connectivity index (χ4n) is 2.06. The molecule has 0 spiro atoms. The van der Waals surface area contributed by atoms with E-state index in [-0.39, 0.29) is 0 Å². The summed E-state index contributed by atoms with van der Waals surface area (Å²) >= 11 is 0. The predicted molar refractivity (Wildman–Crippen MR) is 81.0 cm³/mol. The lowest BCUT2D eigenvalue weighted by molar-refractivity contribution is 0.269. The largest absolute Gasteiger partial charge is 0.468 e. The molecule has 0 saturated heterocycles. The van der Waals surface area contributed by atoms with Gasteiger partial charge in [0.25, 0.3) is 0 Å². The van der Waals surface area contributed by atoms with Gasteiger partial charge in [-0.2, -0.15) is 0 Å². The molecule has 0 aliphatic carbocycles. The van der Waals surface area contributed by atoms with Crippen molar-refractivity contribution in [2.75, 3.05) is 19.6 Å². The zero-order valence-electron chi connectivity index (χ0n) is 12.6. The summed E-state index contributed by atoms with van der Waals surface area (Å²) in [6, 6.07) is 2.15. The second-order valence-electron chi connectivity index (χ2n) is 5.47. The van der Waals surface area contributed by atoms with E-state index in [1.807, 2.05) is 12.3 Å². The van der Waals surface area contributed by atoms with Gasteiger partial charge in [-0.15, -0.1) is 6.58 Å². The van der Waals surface area contributed by atoms with Crippen molar-refractivity contribution in [2.24, 2.45) is 5.92 Å². The third-order valence-electron chi connectivity index (χ3n) is 2.90. The number of hydrogen-bond acceptors (Lipinski definition) is 3. The van der Waals surface area contributed by atoms with Crippen LogP contribution in [0.5, 0.6) is 0 Å². The number of hydrogen-bond donors (Lipinski definition) is 1. The van der Waals surface area contributed by atoms with E-state index in [1.54, 1.807) is 0 Å². The van der Waals surface area contributed by atoms with Gasteiger partial charge in [-0.1, -0.05) is 26.8 Å². The van der Waals surface area contributed by atoms with E-state index < -0.39 is 0 Å². The van der Waals surface area contributed by atoms with Crippen LogP contribution in [0.2, 0.25) is 0 Å². The van der Waals surface area contributed by atoms with E-state index in [9.17, 15) is 0 Å². The molecular formula is C16H28N2O. The summed E-state index contributed by atoms with van der Waals surface area (Å²) < 4.78 is 5.63. The zero-order chi connectivity index (χ0) is 14.1. The Kier molecular flexibility index (Phi) is 7.53. The van der Waals surface area contributed by atoms with Gasteiger partial charge in [-0.25, -0.2) is 0 Å². The minimum Gasteiger partial charge on any atom is -0.468 e. The summed E-state index contributed by atoms with van der Waals surface area (Å²) in [5, 5.41) is 3.43. The first-order valence-electron chi connectivity index (χ1n) is 7.26. The maximum Gasteiger partial charge on any atom is 0.118 e. The Balaban J connectivity index is 2.41. The minimum atomic E-state index is 0.680. The fraction of sp³-hybridized carbons (Fsp3) is 0.625. The van der Waals surface area contributed by atoms with Gasteiger partial charge >= 0.3 is 0 Å². The van der Waals surface area contributed by atoms with Crippen molar-refractivity contribution < 1.29 is 4.42 Å². The second-order valence-corrected chi connectivity index (χ2v) is 5.47. The molecule has 0 radical (unpaired) electrons. The Bertz CT molecular complexity index is 357. The van der Waals surface area contributed by atoms with Crippen LogP contribution in [0.15, 0.2) is 29.4 Å². The maximum absolute atomic E-state index is 5.63. The molecule has 1 aromatic heterocycles. The van der Waals surface area contributed by atoms with Gasteiger partial charge in [-0.05, 0) is 31.5 Å². The Morgan fingerprint density at radius 2 is 2.26 bits per heavy atom. The molecule has 108 valence electrons. The summed E-state index contributed by atoms with van der Waals surface area (Å²) in [7, 11) is 0. The van der Waals surface area contributed by atoms with Gasteiger partial charge in [0.2, 0.25) is 0 Å². The lowest BCUT2D eigenvalue weighted by Gasteiger charge is -2.17. The van der Waals surface area contributed by atoms with Crippen LogP contribution in [0, 0.1) is 5.92 Å². The lowest BCUT2D eigenvalue weighted by Crippen LogP contribution is -2.23. The number of furan rings is 1. The summed E-state index contributed by atoms with van der Waals surface area (Å²) in [5.74, 6) is 1.72.